The summed E-state index contributed by atoms with van der Waals surface area (Å²) in [6.45, 7) is 0.766. The maximum Gasteiger partial charge on any atom is 0.220 e. The zero-order valence-electron chi connectivity index (χ0n) is 10.7. The summed E-state index contributed by atoms with van der Waals surface area (Å²) >= 11 is 0. The highest BCUT2D eigenvalue weighted by Crippen LogP contribution is 2.27. The van der Waals surface area contributed by atoms with Gasteiger partial charge in [-0.3, -0.25) is 4.79 Å². The molecule has 2 N–H and O–H groups in total. The molecule has 2 rings (SSSR count). The van der Waals surface area contributed by atoms with E-state index in [0.717, 1.165) is 25.8 Å². The molecule has 0 radical (unpaired) electrons. The number of carbonyl (C=O) groups is 1. The molecule has 3 heteroatoms. The van der Waals surface area contributed by atoms with E-state index in [-0.39, 0.29) is 12.0 Å². The third-order valence-corrected chi connectivity index (χ3v) is 4.25. The van der Waals surface area contributed by atoms with Crippen LogP contribution in [-0.2, 0) is 4.79 Å². The molecule has 0 atom stereocenters. The summed E-state index contributed by atoms with van der Waals surface area (Å²) in [5.74, 6) is 1.35. The van der Waals surface area contributed by atoms with Crippen LogP contribution in [0.1, 0.15) is 57.8 Å². The molecule has 0 bridgehead atoms. The van der Waals surface area contributed by atoms with Gasteiger partial charge >= 0.3 is 0 Å². The van der Waals surface area contributed by atoms with Crippen molar-refractivity contribution >= 4 is 5.91 Å². The second-order valence-corrected chi connectivity index (χ2v) is 5.86. The Bertz CT molecular complexity index is 241. The lowest BCUT2D eigenvalue weighted by Crippen LogP contribution is -2.38. The SMILES string of the molecule is O=C(CC1CCCCCC1)NCC1CC(O)C1. The molecule has 0 aliphatic heterocycles. The number of nitrogens with one attached hydrogen (secondary N) is 1. The minimum atomic E-state index is -0.112. The van der Waals surface area contributed by atoms with Crippen molar-refractivity contribution in [3.8, 4) is 0 Å². The maximum atomic E-state index is 11.8. The molecule has 0 saturated heterocycles. The lowest BCUT2D eigenvalue weighted by atomic mass is 9.82. The molecule has 3 nitrogen and oxygen atoms in total. The molecule has 0 unspecified atom stereocenters. The van der Waals surface area contributed by atoms with Gasteiger partial charge in [-0.05, 0) is 37.5 Å². The Hall–Kier alpha value is -0.570. The second-order valence-electron chi connectivity index (χ2n) is 5.86. The average Bonchev–Trinajstić information content (AvgIpc) is 2.51. The number of hydrogen-bond acceptors (Lipinski definition) is 2. The van der Waals surface area contributed by atoms with Gasteiger partial charge in [0.15, 0.2) is 0 Å². The van der Waals surface area contributed by atoms with Gasteiger partial charge in [-0.2, -0.15) is 0 Å². The third-order valence-electron chi connectivity index (χ3n) is 4.25. The van der Waals surface area contributed by atoms with Crippen molar-refractivity contribution in [1.82, 2.24) is 5.32 Å². The number of aliphatic hydroxyl groups excluding tert-OH is 1. The summed E-state index contributed by atoms with van der Waals surface area (Å²) in [5.41, 5.74) is 0. The van der Waals surface area contributed by atoms with Gasteiger partial charge in [0.1, 0.15) is 0 Å². The summed E-state index contributed by atoms with van der Waals surface area (Å²) in [5, 5.41) is 12.2. The third kappa shape index (κ3) is 4.30. The zero-order valence-corrected chi connectivity index (χ0v) is 10.7. The molecule has 2 aliphatic carbocycles. The topological polar surface area (TPSA) is 49.3 Å². The van der Waals surface area contributed by atoms with E-state index in [1.807, 2.05) is 0 Å². The van der Waals surface area contributed by atoms with Crippen LogP contribution in [-0.4, -0.2) is 23.7 Å². The van der Waals surface area contributed by atoms with Crippen LogP contribution in [0, 0.1) is 11.8 Å². The van der Waals surface area contributed by atoms with E-state index in [4.69, 9.17) is 5.11 Å². The van der Waals surface area contributed by atoms with Crippen LogP contribution in [0.15, 0.2) is 0 Å². The fraction of sp³-hybridized carbons (Fsp3) is 0.929. The Balaban J connectivity index is 1.59. The van der Waals surface area contributed by atoms with Crippen molar-refractivity contribution in [2.45, 2.75) is 63.9 Å². The Labute approximate surface area is 104 Å². The normalized spacial score (nSPS) is 30.4. The predicted octanol–water partition coefficient (Wildman–Crippen LogP) is 2.23. The van der Waals surface area contributed by atoms with E-state index >= 15 is 0 Å². The van der Waals surface area contributed by atoms with Crippen LogP contribution in [0.5, 0.6) is 0 Å². The number of hydrogen-bond donors (Lipinski definition) is 2. The fourth-order valence-corrected chi connectivity index (χ4v) is 3.03. The fourth-order valence-electron chi connectivity index (χ4n) is 3.03. The van der Waals surface area contributed by atoms with Crippen LogP contribution in [0.2, 0.25) is 0 Å². The van der Waals surface area contributed by atoms with Gasteiger partial charge in [-0.1, -0.05) is 25.7 Å². The number of aliphatic hydroxyl groups is 1. The van der Waals surface area contributed by atoms with Crippen molar-refractivity contribution in [2.75, 3.05) is 6.54 Å². The second kappa shape index (κ2) is 6.39. The number of carbonyl (C=O) groups excluding carboxylic acids is 1. The molecule has 2 aliphatic rings. The van der Waals surface area contributed by atoms with Gasteiger partial charge in [0.2, 0.25) is 5.91 Å². The van der Waals surface area contributed by atoms with Crippen LogP contribution in [0.3, 0.4) is 0 Å². The van der Waals surface area contributed by atoms with E-state index in [2.05, 4.69) is 5.32 Å². The zero-order chi connectivity index (χ0) is 12.1. The molecule has 2 saturated carbocycles. The smallest absolute Gasteiger partial charge is 0.220 e. The predicted molar refractivity (Wildman–Crippen MR) is 67.5 cm³/mol. The van der Waals surface area contributed by atoms with Crippen molar-refractivity contribution < 1.29 is 9.90 Å². The maximum absolute atomic E-state index is 11.8. The number of amides is 1. The summed E-state index contributed by atoms with van der Waals surface area (Å²) in [6.07, 6.45) is 10.1. The highest BCUT2D eigenvalue weighted by molar-refractivity contribution is 5.76. The number of rotatable bonds is 4. The lowest BCUT2D eigenvalue weighted by molar-refractivity contribution is -0.122. The van der Waals surface area contributed by atoms with E-state index in [9.17, 15) is 4.79 Å². The van der Waals surface area contributed by atoms with E-state index in [1.165, 1.54) is 38.5 Å². The molecule has 0 aromatic rings. The molecule has 0 spiro atoms. The monoisotopic (exact) mass is 239 g/mol. The van der Waals surface area contributed by atoms with Crippen molar-refractivity contribution in [3.63, 3.8) is 0 Å². The molecular formula is C14H25NO2. The molecular weight excluding hydrogens is 214 g/mol. The minimum absolute atomic E-state index is 0.112. The van der Waals surface area contributed by atoms with Crippen molar-refractivity contribution in [3.05, 3.63) is 0 Å². The van der Waals surface area contributed by atoms with E-state index in [0.29, 0.717) is 11.8 Å². The van der Waals surface area contributed by atoms with Gasteiger partial charge in [0.25, 0.3) is 0 Å². The first-order valence-corrected chi connectivity index (χ1v) is 7.19. The molecule has 98 valence electrons. The molecule has 2 fully saturated rings. The molecule has 0 aromatic carbocycles. The standard InChI is InChI=1S/C14H25NO2/c16-13-7-12(8-13)10-15-14(17)9-11-5-3-1-2-4-6-11/h11-13,16H,1-10H2,(H,15,17). The van der Waals surface area contributed by atoms with Gasteiger partial charge in [0.05, 0.1) is 6.10 Å². The van der Waals surface area contributed by atoms with Gasteiger partial charge in [0, 0.05) is 13.0 Å². The van der Waals surface area contributed by atoms with E-state index < -0.39 is 0 Å². The summed E-state index contributed by atoms with van der Waals surface area (Å²) in [7, 11) is 0. The van der Waals surface area contributed by atoms with Crippen LogP contribution < -0.4 is 5.32 Å². The first-order valence-electron chi connectivity index (χ1n) is 7.19. The van der Waals surface area contributed by atoms with Crippen molar-refractivity contribution in [1.29, 1.82) is 0 Å². The molecule has 0 heterocycles. The highest BCUT2D eigenvalue weighted by atomic mass is 16.3. The largest absolute Gasteiger partial charge is 0.393 e. The summed E-state index contributed by atoms with van der Waals surface area (Å²) in [4.78, 5) is 11.8. The Morgan fingerprint density at radius 3 is 2.29 bits per heavy atom. The van der Waals surface area contributed by atoms with E-state index in [1.54, 1.807) is 0 Å². The minimum Gasteiger partial charge on any atom is -0.393 e. The molecule has 1 amide bonds. The van der Waals surface area contributed by atoms with Crippen molar-refractivity contribution in [2.24, 2.45) is 11.8 Å². The first kappa shape index (κ1) is 12.9. The van der Waals surface area contributed by atoms with Crippen LogP contribution >= 0.6 is 0 Å². The Morgan fingerprint density at radius 1 is 1.06 bits per heavy atom. The van der Waals surface area contributed by atoms with Gasteiger partial charge in [-0.25, -0.2) is 0 Å². The molecule has 17 heavy (non-hydrogen) atoms. The average molecular weight is 239 g/mol. The van der Waals surface area contributed by atoms with Crippen LogP contribution in [0.4, 0.5) is 0 Å². The van der Waals surface area contributed by atoms with Gasteiger partial charge < -0.3 is 10.4 Å². The van der Waals surface area contributed by atoms with Crippen LogP contribution in [0.25, 0.3) is 0 Å². The molecule has 0 aromatic heterocycles. The van der Waals surface area contributed by atoms with Gasteiger partial charge in [-0.15, -0.1) is 0 Å². The lowest BCUT2D eigenvalue weighted by Gasteiger charge is -2.31. The quantitative estimate of drug-likeness (QED) is 0.739. The summed E-state index contributed by atoms with van der Waals surface area (Å²) in [6, 6.07) is 0. The highest BCUT2D eigenvalue weighted by Gasteiger charge is 2.27. The Kier molecular flexibility index (Phi) is 4.84. The summed E-state index contributed by atoms with van der Waals surface area (Å²) < 4.78 is 0. The Morgan fingerprint density at radius 2 is 1.71 bits per heavy atom. The first-order chi connectivity index (χ1) is 8.24.